The Kier molecular flexibility index (Phi) is 3.75. The van der Waals surface area contributed by atoms with E-state index in [1.165, 1.54) is 12.1 Å². The summed E-state index contributed by atoms with van der Waals surface area (Å²) in [7, 11) is 1.77. The fourth-order valence-electron chi connectivity index (χ4n) is 4.41. The van der Waals surface area contributed by atoms with Crippen LogP contribution in [0.1, 0.15) is 37.3 Å². The third kappa shape index (κ3) is 2.55. The monoisotopic (exact) mass is 365 g/mol. The average molecular weight is 365 g/mol. The second kappa shape index (κ2) is 6.16. The predicted octanol–water partition coefficient (Wildman–Crippen LogP) is 4.14. The summed E-state index contributed by atoms with van der Waals surface area (Å²) in [4.78, 5) is 20.1. The van der Waals surface area contributed by atoms with Gasteiger partial charge in [0, 0.05) is 36.2 Å². The number of H-pyrrole nitrogens is 1. The summed E-state index contributed by atoms with van der Waals surface area (Å²) in [6.07, 6.45) is 8.13. The lowest BCUT2D eigenvalue weighted by molar-refractivity contribution is 0.0655. The molecule has 0 atom stereocenters. The van der Waals surface area contributed by atoms with Crippen molar-refractivity contribution in [3.63, 3.8) is 0 Å². The summed E-state index contributed by atoms with van der Waals surface area (Å²) < 4.78 is 21.4. The van der Waals surface area contributed by atoms with Crippen molar-refractivity contribution in [1.29, 1.82) is 0 Å². The van der Waals surface area contributed by atoms with Crippen LogP contribution >= 0.6 is 0 Å². The fraction of sp³-hybridized carbons (Fsp3) is 0.333. The highest BCUT2D eigenvalue weighted by atomic mass is 19.1. The van der Waals surface area contributed by atoms with Crippen LogP contribution in [0, 0.1) is 5.82 Å². The topological polar surface area (TPSA) is 59.4 Å². The van der Waals surface area contributed by atoms with E-state index in [1.807, 2.05) is 16.7 Å². The SMILES string of the molecule is CO[C@H]1CC[C@H](c2cn3c4cc[nH]c(=O)c4c4cc(F)ccc4c3n2)CC1. The summed E-state index contributed by atoms with van der Waals surface area (Å²) in [5, 5.41) is 1.88. The summed E-state index contributed by atoms with van der Waals surface area (Å²) in [6.45, 7) is 0. The molecule has 5 nitrogen and oxygen atoms in total. The maximum Gasteiger partial charge on any atom is 0.257 e. The number of rotatable bonds is 2. The van der Waals surface area contributed by atoms with Gasteiger partial charge in [-0.3, -0.25) is 9.20 Å². The molecule has 0 saturated heterocycles. The van der Waals surface area contributed by atoms with E-state index in [4.69, 9.17) is 9.72 Å². The largest absolute Gasteiger partial charge is 0.381 e. The lowest BCUT2D eigenvalue weighted by Gasteiger charge is -2.26. The zero-order valence-electron chi connectivity index (χ0n) is 15.0. The number of hydrogen-bond donors (Lipinski definition) is 1. The Morgan fingerprint density at radius 2 is 2.00 bits per heavy atom. The van der Waals surface area contributed by atoms with Gasteiger partial charge in [-0.1, -0.05) is 0 Å². The molecule has 4 aromatic rings. The maximum atomic E-state index is 13.9. The third-order valence-electron chi connectivity index (χ3n) is 5.84. The molecule has 138 valence electrons. The zero-order chi connectivity index (χ0) is 18.5. The van der Waals surface area contributed by atoms with Gasteiger partial charge in [-0.05, 0) is 49.9 Å². The summed E-state index contributed by atoms with van der Waals surface area (Å²) in [5.41, 5.74) is 2.33. The highest BCUT2D eigenvalue weighted by Crippen LogP contribution is 2.35. The van der Waals surface area contributed by atoms with Gasteiger partial charge in [0.1, 0.15) is 11.5 Å². The van der Waals surface area contributed by atoms with E-state index in [-0.39, 0.29) is 11.4 Å². The lowest BCUT2D eigenvalue weighted by atomic mass is 9.85. The van der Waals surface area contributed by atoms with Crippen LogP contribution < -0.4 is 5.56 Å². The minimum absolute atomic E-state index is 0.221. The van der Waals surface area contributed by atoms with Crippen molar-refractivity contribution in [2.24, 2.45) is 0 Å². The number of aromatic amines is 1. The second-order valence-corrected chi connectivity index (χ2v) is 7.33. The Hall–Kier alpha value is -2.73. The van der Waals surface area contributed by atoms with Gasteiger partial charge in [0.25, 0.3) is 5.56 Å². The molecule has 0 unspecified atom stereocenters. The van der Waals surface area contributed by atoms with E-state index in [2.05, 4.69) is 4.98 Å². The molecule has 5 rings (SSSR count). The van der Waals surface area contributed by atoms with Gasteiger partial charge >= 0.3 is 0 Å². The molecule has 1 aliphatic rings. The molecule has 1 saturated carbocycles. The normalized spacial score (nSPS) is 20.7. The number of pyridine rings is 2. The Balaban J connectivity index is 1.77. The molecule has 3 heterocycles. The fourth-order valence-corrected chi connectivity index (χ4v) is 4.41. The number of methoxy groups -OCH3 is 1. The van der Waals surface area contributed by atoms with Crippen molar-refractivity contribution in [3.8, 4) is 0 Å². The number of imidazole rings is 1. The molecule has 0 radical (unpaired) electrons. The minimum atomic E-state index is -0.360. The number of benzene rings is 1. The van der Waals surface area contributed by atoms with Crippen LogP contribution in [-0.2, 0) is 4.74 Å². The summed E-state index contributed by atoms with van der Waals surface area (Å²) >= 11 is 0. The number of halogens is 1. The molecule has 1 aliphatic carbocycles. The van der Waals surface area contributed by atoms with Crippen molar-refractivity contribution >= 4 is 27.3 Å². The van der Waals surface area contributed by atoms with Gasteiger partial charge < -0.3 is 9.72 Å². The number of fused-ring (bicyclic) bond motifs is 6. The number of nitrogens with zero attached hydrogens (tertiary/aromatic N) is 2. The van der Waals surface area contributed by atoms with Crippen LogP contribution in [0.5, 0.6) is 0 Å². The van der Waals surface area contributed by atoms with Crippen molar-refractivity contribution in [2.45, 2.75) is 37.7 Å². The zero-order valence-corrected chi connectivity index (χ0v) is 15.0. The van der Waals surface area contributed by atoms with Gasteiger partial charge in [-0.15, -0.1) is 0 Å². The van der Waals surface area contributed by atoms with E-state index in [9.17, 15) is 9.18 Å². The summed E-state index contributed by atoms with van der Waals surface area (Å²) in [5.74, 6) is 0.0184. The summed E-state index contributed by atoms with van der Waals surface area (Å²) in [6, 6.07) is 6.40. The first-order chi connectivity index (χ1) is 13.2. The molecule has 1 aromatic carbocycles. The van der Waals surface area contributed by atoms with E-state index >= 15 is 0 Å². The molecular weight excluding hydrogens is 345 g/mol. The first-order valence-electron chi connectivity index (χ1n) is 9.30. The van der Waals surface area contributed by atoms with Gasteiger partial charge in [-0.2, -0.15) is 0 Å². The Morgan fingerprint density at radius 1 is 1.19 bits per heavy atom. The van der Waals surface area contributed by atoms with E-state index in [0.717, 1.165) is 47.9 Å². The van der Waals surface area contributed by atoms with E-state index < -0.39 is 0 Å². The van der Waals surface area contributed by atoms with Gasteiger partial charge in [0.05, 0.1) is 22.7 Å². The average Bonchev–Trinajstić information content (AvgIpc) is 3.13. The Morgan fingerprint density at radius 3 is 2.78 bits per heavy atom. The van der Waals surface area contributed by atoms with Gasteiger partial charge in [0.2, 0.25) is 0 Å². The minimum Gasteiger partial charge on any atom is -0.381 e. The second-order valence-electron chi connectivity index (χ2n) is 7.33. The van der Waals surface area contributed by atoms with Crippen LogP contribution in [0.2, 0.25) is 0 Å². The molecule has 0 amide bonds. The van der Waals surface area contributed by atoms with Crippen LogP contribution in [-0.4, -0.2) is 27.6 Å². The highest BCUT2D eigenvalue weighted by Gasteiger charge is 2.25. The maximum absolute atomic E-state index is 13.9. The Labute approximate surface area is 154 Å². The van der Waals surface area contributed by atoms with Crippen LogP contribution in [0.25, 0.3) is 27.3 Å². The molecule has 0 aliphatic heterocycles. The van der Waals surface area contributed by atoms with Crippen molar-refractivity contribution in [2.75, 3.05) is 7.11 Å². The Bertz CT molecular complexity index is 1220. The number of aromatic nitrogens is 3. The standard InChI is InChI=1S/C21H20FN3O2/c1-27-14-5-2-12(3-6-14)17-11-25-18-8-9-23-21(26)19(18)16-10-13(22)4-7-15(16)20(25)24-17/h4,7-12,14H,2-3,5-6H2,1H3,(H,23,26)/t12-,14-. The first kappa shape index (κ1) is 16.4. The smallest absolute Gasteiger partial charge is 0.257 e. The molecule has 1 N–H and O–H groups in total. The molecular formula is C21H20FN3O2. The quantitative estimate of drug-likeness (QED) is 0.543. The molecule has 27 heavy (non-hydrogen) atoms. The van der Waals surface area contributed by atoms with Crippen molar-refractivity contribution in [3.05, 3.63) is 58.5 Å². The van der Waals surface area contributed by atoms with Crippen molar-refractivity contribution < 1.29 is 9.13 Å². The van der Waals surface area contributed by atoms with Crippen molar-refractivity contribution in [1.82, 2.24) is 14.4 Å². The molecule has 3 aromatic heterocycles. The highest BCUT2D eigenvalue weighted by molar-refractivity contribution is 6.11. The predicted molar refractivity (Wildman–Crippen MR) is 103 cm³/mol. The third-order valence-corrected chi connectivity index (χ3v) is 5.84. The lowest BCUT2D eigenvalue weighted by Crippen LogP contribution is -2.19. The van der Waals surface area contributed by atoms with Crippen LogP contribution in [0.4, 0.5) is 4.39 Å². The van der Waals surface area contributed by atoms with Crippen LogP contribution in [0.15, 0.2) is 41.5 Å². The van der Waals surface area contributed by atoms with Crippen LogP contribution in [0.3, 0.4) is 0 Å². The number of nitrogens with one attached hydrogen (secondary N) is 1. The number of hydrogen-bond acceptors (Lipinski definition) is 3. The van der Waals surface area contributed by atoms with E-state index in [0.29, 0.717) is 22.8 Å². The molecule has 6 heteroatoms. The van der Waals surface area contributed by atoms with E-state index in [1.54, 1.807) is 19.4 Å². The molecule has 1 fully saturated rings. The molecule has 0 spiro atoms. The first-order valence-corrected chi connectivity index (χ1v) is 9.30. The van der Waals surface area contributed by atoms with Gasteiger partial charge in [-0.25, -0.2) is 9.37 Å². The van der Waals surface area contributed by atoms with Gasteiger partial charge in [0.15, 0.2) is 0 Å². The molecule has 0 bridgehead atoms. The number of ether oxygens (including phenoxy) is 1.